The van der Waals surface area contributed by atoms with Crippen LogP contribution in [0.2, 0.25) is 5.28 Å². The van der Waals surface area contributed by atoms with Gasteiger partial charge in [-0.05, 0) is 29.3 Å². The smallest absolute Gasteiger partial charge is 0.269 e. The highest BCUT2D eigenvalue weighted by Gasteiger charge is 2.07. The molecule has 10 heteroatoms. The van der Waals surface area contributed by atoms with Crippen molar-refractivity contribution in [2.24, 2.45) is 5.10 Å². The van der Waals surface area contributed by atoms with Gasteiger partial charge in [0.25, 0.3) is 5.69 Å². The van der Waals surface area contributed by atoms with E-state index in [1.807, 2.05) is 0 Å². The molecule has 0 amide bonds. The number of aromatic amines is 1. The van der Waals surface area contributed by atoms with E-state index in [1.165, 1.54) is 24.7 Å². The highest BCUT2D eigenvalue weighted by atomic mass is 35.5. The first kappa shape index (κ1) is 13.9. The summed E-state index contributed by atoms with van der Waals surface area (Å²) < 4.78 is 0. The maximum absolute atomic E-state index is 10.6. The predicted molar refractivity (Wildman–Crippen MR) is 81.0 cm³/mol. The van der Waals surface area contributed by atoms with Crippen molar-refractivity contribution in [2.75, 3.05) is 5.43 Å². The summed E-state index contributed by atoms with van der Waals surface area (Å²) >= 11 is 5.79. The van der Waals surface area contributed by atoms with Crippen molar-refractivity contribution in [3.8, 4) is 0 Å². The Morgan fingerprint density at radius 2 is 2.09 bits per heavy atom. The van der Waals surface area contributed by atoms with E-state index < -0.39 is 4.92 Å². The van der Waals surface area contributed by atoms with Gasteiger partial charge in [0.15, 0.2) is 11.5 Å². The van der Waals surface area contributed by atoms with Gasteiger partial charge >= 0.3 is 0 Å². The second-order valence-electron chi connectivity index (χ2n) is 4.16. The molecule has 0 radical (unpaired) electrons. The van der Waals surface area contributed by atoms with E-state index in [0.717, 1.165) is 0 Å². The van der Waals surface area contributed by atoms with Crippen molar-refractivity contribution in [1.29, 1.82) is 0 Å². The molecule has 0 aliphatic rings. The van der Waals surface area contributed by atoms with E-state index in [2.05, 4.69) is 30.5 Å². The number of hydrogen-bond donors (Lipinski definition) is 2. The first-order chi connectivity index (χ1) is 10.6. The molecule has 1 aromatic carbocycles. The van der Waals surface area contributed by atoms with Crippen LogP contribution in [0.5, 0.6) is 0 Å². The average Bonchev–Trinajstić information content (AvgIpc) is 2.96. The summed E-state index contributed by atoms with van der Waals surface area (Å²) in [6, 6.07) is 5.97. The molecule has 2 aromatic heterocycles. The number of fused-ring (bicyclic) bond motifs is 1. The van der Waals surface area contributed by atoms with E-state index in [1.54, 1.807) is 12.1 Å². The van der Waals surface area contributed by atoms with Crippen LogP contribution in [0.25, 0.3) is 11.2 Å². The van der Waals surface area contributed by atoms with Gasteiger partial charge in [-0.3, -0.25) is 15.5 Å². The molecule has 0 saturated heterocycles. The lowest BCUT2D eigenvalue weighted by Gasteiger charge is -2.00. The Morgan fingerprint density at radius 1 is 1.32 bits per heavy atom. The monoisotopic (exact) mass is 317 g/mol. The van der Waals surface area contributed by atoms with Crippen LogP contribution in [-0.2, 0) is 0 Å². The Morgan fingerprint density at radius 3 is 2.82 bits per heavy atom. The maximum atomic E-state index is 10.6. The number of nitro groups is 1. The van der Waals surface area contributed by atoms with Crippen LogP contribution in [0.4, 0.5) is 11.5 Å². The normalized spacial score (nSPS) is 11.1. The highest BCUT2D eigenvalue weighted by Crippen LogP contribution is 2.18. The van der Waals surface area contributed by atoms with Gasteiger partial charge in [0.1, 0.15) is 5.52 Å². The predicted octanol–water partition coefficient (Wildman–Crippen LogP) is 2.36. The van der Waals surface area contributed by atoms with E-state index in [9.17, 15) is 10.1 Å². The summed E-state index contributed by atoms with van der Waals surface area (Å²) in [4.78, 5) is 24.9. The van der Waals surface area contributed by atoms with E-state index in [0.29, 0.717) is 22.5 Å². The van der Waals surface area contributed by atoms with Crippen LogP contribution in [0.1, 0.15) is 5.56 Å². The summed E-state index contributed by atoms with van der Waals surface area (Å²) in [5, 5.41) is 14.6. The third-order valence-electron chi connectivity index (χ3n) is 2.75. The van der Waals surface area contributed by atoms with Crippen LogP contribution in [-0.4, -0.2) is 31.1 Å². The largest absolute Gasteiger partial charge is 0.340 e. The second-order valence-corrected chi connectivity index (χ2v) is 4.50. The molecule has 2 heterocycles. The van der Waals surface area contributed by atoms with E-state index in [-0.39, 0.29) is 11.0 Å². The lowest BCUT2D eigenvalue weighted by Crippen LogP contribution is -1.97. The van der Waals surface area contributed by atoms with Crippen LogP contribution in [0, 0.1) is 10.1 Å². The number of hydrazone groups is 1. The summed E-state index contributed by atoms with van der Waals surface area (Å²) in [5.74, 6) is 0.380. The molecule has 0 fully saturated rings. The number of rotatable bonds is 4. The minimum absolute atomic E-state index is 0.0202. The summed E-state index contributed by atoms with van der Waals surface area (Å²) in [5.41, 5.74) is 4.44. The van der Waals surface area contributed by atoms with Crippen LogP contribution in [0.3, 0.4) is 0 Å². The lowest BCUT2D eigenvalue weighted by atomic mass is 10.2. The number of halogens is 1. The molecule has 0 aliphatic heterocycles. The van der Waals surface area contributed by atoms with Crippen molar-refractivity contribution < 1.29 is 4.92 Å². The van der Waals surface area contributed by atoms with E-state index in [4.69, 9.17) is 11.6 Å². The van der Waals surface area contributed by atoms with Gasteiger partial charge in [-0.1, -0.05) is 0 Å². The van der Waals surface area contributed by atoms with Gasteiger partial charge in [0, 0.05) is 12.1 Å². The minimum atomic E-state index is -0.461. The topological polar surface area (TPSA) is 122 Å². The molecule has 3 rings (SSSR count). The van der Waals surface area contributed by atoms with Crippen molar-refractivity contribution in [3.63, 3.8) is 0 Å². The molecular formula is C12H8ClN7O2. The zero-order valence-electron chi connectivity index (χ0n) is 10.9. The number of anilines is 1. The number of benzene rings is 1. The molecule has 0 aliphatic carbocycles. The molecule has 0 bridgehead atoms. The average molecular weight is 318 g/mol. The van der Waals surface area contributed by atoms with Crippen LogP contribution < -0.4 is 5.43 Å². The third kappa shape index (κ3) is 2.83. The molecule has 0 saturated carbocycles. The Hall–Kier alpha value is -3.07. The third-order valence-corrected chi connectivity index (χ3v) is 2.92. The summed E-state index contributed by atoms with van der Waals surface area (Å²) in [6.45, 7) is 0. The first-order valence-corrected chi connectivity index (χ1v) is 6.41. The second kappa shape index (κ2) is 5.74. The number of H-pyrrole nitrogens is 1. The lowest BCUT2D eigenvalue weighted by molar-refractivity contribution is -0.384. The van der Waals surface area contributed by atoms with Gasteiger partial charge in [-0.25, -0.2) is 4.98 Å². The Bertz CT molecular complexity index is 860. The van der Waals surface area contributed by atoms with Crippen LogP contribution >= 0.6 is 11.6 Å². The minimum Gasteiger partial charge on any atom is -0.340 e. The van der Waals surface area contributed by atoms with E-state index >= 15 is 0 Å². The molecule has 110 valence electrons. The number of nitro benzene ring substituents is 1. The van der Waals surface area contributed by atoms with Gasteiger partial charge in [0.05, 0.1) is 17.5 Å². The zero-order valence-corrected chi connectivity index (χ0v) is 11.7. The van der Waals surface area contributed by atoms with Crippen molar-refractivity contribution >= 4 is 40.5 Å². The number of hydrogen-bond acceptors (Lipinski definition) is 7. The van der Waals surface area contributed by atoms with Crippen molar-refractivity contribution in [1.82, 2.24) is 19.9 Å². The molecule has 2 N–H and O–H groups in total. The zero-order chi connectivity index (χ0) is 15.5. The molecule has 9 nitrogen and oxygen atoms in total. The van der Waals surface area contributed by atoms with Gasteiger partial charge < -0.3 is 4.98 Å². The van der Waals surface area contributed by atoms with Gasteiger partial charge in [-0.2, -0.15) is 15.1 Å². The van der Waals surface area contributed by atoms with Gasteiger partial charge in [-0.15, -0.1) is 0 Å². The maximum Gasteiger partial charge on any atom is 0.269 e. The molecule has 0 spiro atoms. The number of nitrogens with one attached hydrogen (secondary N) is 2. The highest BCUT2D eigenvalue weighted by molar-refractivity contribution is 6.28. The number of aromatic nitrogens is 4. The molecule has 3 aromatic rings. The summed E-state index contributed by atoms with van der Waals surface area (Å²) in [6.07, 6.45) is 2.98. The van der Waals surface area contributed by atoms with Crippen molar-refractivity contribution in [3.05, 3.63) is 51.6 Å². The molecule has 0 atom stereocenters. The standard InChI is InChI=1S/C12H8ClN7O2/c13-12-17-10-9(14-6-15-10)11(18-12)19-16-5-7-1-3-8(4-2-7)20(21)22/h1-6H,(H2,14,15,17,18,19)/b16-5+. The quantitative estimate of drug-likeness (QED) is 0.329. The van der Waals surface area contributed by atoms with Gasteiger partial charge in [0.2, 0.25) is 5.28 Å². The molecule has 22 heavy (non-hydrogen) atoms. The van der Waals surface area contributed by atoms with Crippen molar-refractivity contribution in [2.45, 2.75) is 0 Å². The Labute approximate surface area is 128 Å². The molecular weight excluding hydrogens is 310 g/mol. The Kier molecular flexibility index (Phi) is 3.62. The Balaban J connectivity index is 1.78. The fourth-order valence-corrected chi connectivity index (χ4v) is 1.90. The first-order valence-electron chi connectivity index (χ1n) is 6.03. The van der Waals surface area contributed by atoms with Crippen LogP contribution in [0.15, 0.2) is 35.7 Å². The number of nitrogens with zero attached hydrogens (tertiary/aromatic N) is 5. The fourth-order valence-electron chi connectivity index (χ4n) is 1.74. The summed E-state index contributed by atoms with van der Waals surface area (Å²) in [7, 11) is 0. The number of non-ortho nitro benzene ring substituents is 1. The fraction of sp³-hybridized carbons (Fsp3) is 0. The SMILES string of the molecule is O=[N+]([O-])c1ccc(/C=N/Nc2nc(Cl)nc3nc[nH]c23)cc1. The number of imidazole rings is 1. The molecule has 0 unspecified atom stereocenters.